The highest BCUT2D eigenvalue weighted by atomic mass is 32.2. The van der Waals surface area contributed by atoms with Gasteiger partial charge >= 0.3 is 0 Å². The van der Waals surface area contributed by atoms with Crippen molar-refractivity contribution >= 4 is 21.4 Å². The summed E-state index contributed by atoms with van der Waals surface area (Å²) >= 11 is 0. The van der Waals surface area contributed by atoms with E-state index < -0.39 is 21.1 Å². The minimum absolute atomic E-state index is 0.0689. The number of hydrogen-bond acceptors (Lipinski definition) is 3. The summed E-state index contributed by atoms with van der Waals surface area (Å²) in [5.41, 5.74) is 5.79. The Balaban J connectivity index is 2.18. The maximum absolute atomic E-state index is 13.5. The summed E-state index contributed by atoms with van der Waals surface area (Å²) in [6, 6.07) is 3.86. The molecule has 1 saturated carbocycles. The Morgan fingerprint density at radius 1 is 1.22 bits per heavy atom. The maximum Gasteiger partial charge on any atom is 0.235 e. The average Bonchev–Trinajstić information content (AvgIpc) is 2.35. The molecule has 1 fully saturated rings. The summed E-state index contributed by atoms with van der Waals surface area (Å²) in [5.74, 6) is -0.608. The Labute approximate surface area is 106 Å². The van der Waals surface area contributed by atoms with Gasteiger partial charge in [-0.05, 0) is 31.0 Å². The first-order valence-electron chi connectivity index (χ1n) is 6.06. The molecule has 1 aromatic rings. The second-order valence-corrected chi connectivity index (χ2v) is 6.61. The van der Waals surface area contributed by atoms with E-state index in [1.165, 1.54) is 12.1 Å². The van der Waals surface area contributed by atoms with Gasteiger partial charge in [-0.15, -0.1) is 0 Å². The van der Waals surface area contributed by atoms with Gasteiger partial charge < -0.3 is 5.73 Å². The van der Waals surface area contributed by atoms with Gasteiger partial charge in [0.05, 0.1) is 10.9 Å². The first-order valence-corrected chi connectivity index (χ1v) is 7.60. The lowest BCUT2D eigenvalue weighted by Gasteiger charge is -2.22. The molecule has 3 N–H and O–H groups in total. The summed E-state index contributed by atoms with van der Waals surface area (Å²) in [5, 5.41) is -0.424. The molecule has 0 unspecified atom stereocenters. The minimum Gasteiger partial charge on any atom is -0.399 e. The quantitative estimate of drug-likeness (QED) is 0.830. The van der Waals surface area contributed by atoms with Crippen LogP contribution in [0, 0.1) is 5.82 Å². The number of nitrogens with one attached hydrogen (secondary N) is 1. The predicted octanol–water partition coefficient (Wildman–Crippen LogP) is 2.48. The SMILES string of the molecule is Nc1ccc(F)c(NS(=O)(=O)C2CCCCC2)c1. The average molecular weight is 272 g/mol. The maximum atomic E-state index is 13.5. The van der Waals surface area contributed by atoms with Crippen molar-refractivity contribution in [1.29, 1.82) is 0 Å². The molecule has 0 aliphatic heterocycles. The molecule has 18 heavy (non-hydrogen) atoms. The van der Waals surface area contributed by atoms with Crippen LogP contribution in [0.1, 0.15) is 32.1 Å². The Kier molecular flexibility index (Phi) is 3.75. The second kappa shape index (κ2) is 5.14. The zero-order valence-electron chi connectivity index (χ0n) is 10.0. The minimum atomic E-state index is -3.52. The lowest BCUT2D eigenvalue weighted by atomic mass is 10.0. The first kappa shape index (κ1) is 13.1. The van der Waals surface area contributed by atoms with Crippen LogP contribution in [-0.2, 0) is 10.0 Å². The molecule has 0 radical (unpaired) electrons. The van der Waals surface area contributed by atoms with Crippen molar-refractivity contribution in [3.8, 4) is 0 Å². The van der Waals surface area contributed by atoms with E-state index in [2.05, 4.69) is 4.72 Å². The Morgan fingerprint density at radius 2 is 1.89 bits per heavy atom. The molecule has 4 nitrogen and oxygen atoms in total. The summed E-state index contributed by atoms with van der Waals surface area (Å²) in [4.78, 5) is 0. The van der Waals surface area contributed by atoms with Crippen LogP contribution in [0.2, 0.25) is 0 Å². The van der Waals surface area contributed by atoms with Gasteiger partial charge in [0.1, 0.15) is 5.82 Å². The van der Waals surface area contributed by atoms with Crippen molar-refractivity contribution in [2.45, 2.75) is 37.4 Å². The van der Waals surface area contributed by atoms with Gasteiger partial charge in [0.2, 0.25) is 10.0 Å². The highest BCUT2D eigenvalue weighted by Crippen LogP contribution is 2.26. The molecular weight excluding hydrogens is 255 g/mol. The Morgan fingerprint density at radius 3 is 2.56 bits per heavy atom. The summed E-state index contributed by atoms with van der Waals surface area (Å²) in [7, 11) is -3.52. The molecule has 0 atom stereocenters. The molecule has 0 amide bonds. The Bertz CT molecular complexity index is 525. The topological polar surface area (TPSA) is 72.2 Å². The molecule has 100 valence electrons. The fourth-order valence-electron chi connectivity index (χ4n) is 2.23. The molecule has 2 rings (SSSR count). The zero-order valence-corrected chi connectivity index (χ0v) is 10.8. The third-order valence-corrected chi connectivity index (χ3v) is 5.09. The molecule has 0 spiro atoms. The summed E-state index contributed by atoms with van der Waals surface area (Å²) < 4.78 is 40.0. The normalized spacial score (nSPS) is 17.6. The molecule has 0 aromatic heterocycles. The van der Waals surface area contributed by atoms with Crippen LogP contribution in [0.15, 0.2) is 18.2 Å². The van der Waals surface area contributed by atoms with Crippen molar-refractivity contribution in [2.24, 2.45) is 0 Å². The van der Waals surface area contributed by atoms with E-state index in [0.29, 0.717) is 18.5 Å². The van der Waals surface area contributed by atoms with Crippen LogP contribution in [0.3, 0.4) is 0 Å². The highest BCUT2D eigenvalue weighted by molar-refractivity contribution is 7.93. The largest absolute Gasteiger partial charge is 0.399 e. The predicted molar refractivity (Wildman–Crippen MR) is 70.2 cm³/mol. The van der Waals surface area contributed by atoms with E-state index in [1.807, 2.05) is 0 Å². The van der Waals surface area contributed by atoms with Crippen molar-refractivity contribution in [3.63, 3.8) is 0 Å². The first-order chi connectivity index (χ1) is 8.49. The van der Waals surface area contributed by atoms with Crippen molar-refractivity contribution in [2.75, 3.05) is 10.5 Å². The zero-order chi connectivity index (χ0) is 13.2. The van der Waals surface area contributed by atoms with Crippen LogP contribution in [0.4, 0.5) is 15.8 Å². The number of nitrogen functional groups attached to an aromatic ring is 1. The molecule has 0 saturated heterocycles. The van der Waals surface area contributed by atoms with E-state index in [4.69, 9.17) is 5.73 Å². The lowest BCUT2D eigenvalue weighted by molar-refractivity contribution is 0.486. The number of anilines is 2. The number of rotatable bonds is 3. The molecule has 0 bridgehead atoms. The van der Waals surface area contributed by atoms with Crippen molar-refractivity contribution < 1.29 is 12.8 Å². The monoisotopic (exact) mass is 272 g/mol. The van der Waals surface area contributed by atoms with Gasteiger partial charge in [0.25, 0.3) is 0 Å². The molecule has 1 aliphatic rings. The van der Waals surface area contributed by atoms with E-state index in [0.717, 1.165) is 25.3 Å². The fourth-order valence-corrected chi connectivity index (χ4v) is 3.82. The molecule has 1 aromatic carbocycles. The van der Waals surface area contributed by atoms with Gasteiger partial charge in [-0.3, -0.25) is 4.72 Å². The van der Waals surface area contributed by atoms with E-state index in [1.54, 1.807) is 0 Å². The lowest BCUT2D eigenvalue weighted by Crippen LogP contribution is -2.30. The van der Waals surface area contributed by atoms with Crippen LogP contribution < -0.4 is 10.5 Å². The molecule has 1 aliphatic carbocycles. The van der Waals surface area contributed by atoms with Crippen LogP contribution in [-0.4, -0.2) is 13.7 Å². The number of sulfonamides is 1. The third kappa shape index (κ3) is 2.93. The third-order valence-electron chi connectivity index (χ3n) is 3.23. The van der Waals surface area contributed by atoms with E-state index >= 15 is 0 Å². The van der Waals surface area contributed by atoms with Crippen molar-refractivity contribution in [1.82, 2.24) is 0 Å². The Hall–Kier alpha value is -1.30. The van der Waals surface area contributed by atoms with Gasteiger partial charge in [0.15, 0.2) is 0 Å². The second-order valence-electron chi connectivity index (χ2n) is 4.65. The molecule has 6 heteroatoms. The van der Waals surface area contributed by atoms with Gasteiger partial charge in [0, 0.05) is 5.69 Å². The van der Waals surface area contributed by atoms with Crippen LogP contribution >= 0.6 is 0 Å². The van der Waals surface area contributed by atoms with Gasteiger partial charge in [-0.1, -0.05) is 19.3 Å². The van der Waals surface area contributed by atoms with Crippen LogP contribution in [0.5, 0.6) is 0 Å². The standard InChI is InChI=1S/C12H17FN2O2S/c13-11-7-6-9(14)8-12(11)15-18(16,17)10-4-2-1-3-5-10/h6-8,10,15H,1-5,14H2. The number of benzene rings is 1. The fraction of sp³-hybridized carbons (Fsp3) is 0.500. The molecular formula is C12H17FN2O2S. The van der Waals surface area contributed by atoms with Crippen molar-refractivity contribution in [3.05, 3.63) is 24.0 Å². The number of nitrogens with two attached hydrogens (primary N) is 1. The van der Waals surface area contributed by atoms with Crippen LogP contribution in [0.25, 0.3) is 0 Å². The van der Waals surface area contributed by atoms with Gasteiger partial charge in [-0.2, -0.15) is 0 Å². The highest BCUT2D eigenvalue weighted by Gasteiger charge is 2.27. The van der Waals surface area contributed by atoms with E-state index in [-0.39, 0.29) is 5.69 Å². The van der Waals surface area contributed by atoms with Gasteiger partial charge in [-0.25, -0.2) is 12.8 Å². The number of hydrogen-bond donors (Lipinski definition) is 2. The number of halogens is 1. The smallest absolute Gasteiger partial charge is 0.235 e. The summed E-state index contributed by atoms with van der Waals surface area (Å²) in [6.45, 7) is 0. The molecule has 0 heterocycles. The van der Waals surface area contributed by atoms with E-state index in [9.17, 15) is 12.8 Å². The summed E-state index contributed by atoms with van der Waals surface area (Å²) in [6.07, 6.45) is 4.16.